The summed E-state index contributed by atoms with van der Waals surface area (Å²) in [6.45, 7) is 0. The molecule has 0 aliphatic heterocycles. The van der Waals surface area contributed by atoms with Gasteiger partial charge in [-0.3, -0.25) is 0 Å². The minimum Gasteiger partial charge on any atom is -0.384 e. The second-order valence-corrected chi connectivity index (χ2v) is 7.39. The molecule has 2 rings (SSSR count). The summed E-state index contributed by atoms with van der Waals surface area (Å²) in [5, 5.41) is 10.2. The SMILES string of the molecule is CS(=O)(=O)C1CCCC1(O)c1cc(Cl)cnc1N. The van der Waals surface area contributed by atoms with Gasteiger partial charge in [-0.05, 0) is 25.3 Å². The quantitative estimate of drug-likeness (QED) is 0.851. The van der Waals surface area contributed by atoms with Crippen molar-refractivity contribution in [1.82, 2.24) is 4.98 Å². The van der Waals surface area contributed by atoms with E-state index in [0.29, 0.717) is 29.8 Å². The van der Waals surface area contributed by atoms with Gasteiger partial charge in [0.25, 0.3) is 0 Å². The number of sulfone groups is 1. The van der Waals surface area contributed by atoms with Crippen LogP contribution in [0.2, 0.25) is 5.02 Å². The predicted molar refractivity (Wildman–Crippen MR) is 70.0 cm³/mol. The summed E-state index contributed by atoms with van der Waals surface area (Å²) >= 11 is 5.84. The van der Waals surface area contributed by atoms with Crippen LogP contribution in [0.15, 0.2) is 12.3 Å². The average Bonchev–Trinajstić information content (AvgIpc) is 2.65. The molecule has 1 heterocycles. The normalized spacial score (nSPS) is 28.5. The van der Waals surface area contributed by atoms with Crippen LogP contribution in [0.5, 0.6) is 0 Å². The lowest BCUT2D eigenvalue weighted by molar-refractivity contribution is 0.0482. The average molecular weight is 291 g/mol. The molecule has 0 amide bonds. The first-order valence-corrected chi connectivity index (χ1v) is 7.91. The first kappa shape index (κ1) is 13.6. The number of nitrogens with two attached hydrogens (primary N) is 1. The van der Waals surface area contributed by atoms with Crippen molar-refractivity contribution in [1.29, 1.82) is 0 Å². The second-order valence-electron chi connectivity index (χ2n) is 4.72. The summed E-state index contributed by atoms with van der Waals surface area (Å²) in [7, 11) is -3.36. The number of nitrogens with zero attached hydrogens (tertiary/aromatic N) is 1. The molecule has 0 saturated heterocycles. The van der Waals surface area contributed by atoms with Crippen LogP contribution in [-0.4, -0.2) is 30.0 Å². The van der Waals surface area contributed by atoms with Crippen LogP contribution in [0, 0.1) is 0 Å². The fraction of sp³-hybridized carbons (Fsp3) is 0.545. The molecule has 7 heteroatoms. The van der Waals surface area contributed by atoms with E-state index in [1.165, 1.54) is 12.3 Å². The molecule has 1 aliphatic carbocycles. The lowest BCUT2D eigenvalue weighted by Crippen LogP contribution is -2.40. The van der Waals surface area contributed by atoms with Crippen LogP contribution in [0.3, 0.4) is 0 Å². The van der Waals surface area contributed by atoms with Crippen molar-refractivity contribution in [2.24, 2.45) is 0 Å². The Balaban J connectivity index is 2.57. The number of hydrogen-bond donors (Lipinski definition) is 2. The molecule has 1 aliphatic rings. The van der Waals surface area contributed by atoms with Crippen molar-refractivity contribution >= 4 is 27.3 Å². The summed E-state index contributed by atoms with van der Waals surface area (Å²) in [6, 6.07) is 1.49. The van der Waals surface area contributed by atoms with E-state index in [4.69, 9.17) is 17.3 Å². The Morgan fingerprint density at radius 1 is 1.61 bits per heavy atom. The van der Waals surface area contributed by atoms with Crippen molar-refractivity contribution in [2.75, 3.05) is 12.0 Å². The molecule has 1 fully saturated rings. The Bertz CT molecular complexity index is 576. The minimum atomic E-state index is -3.36. The lowest BCUT2D eigenvalue weighted by Gasteiger charge is -2.30. The monoisotopic (exact) mass is 290 g/mol. The van der Waals surface area contributed by atoms with Gasteiger partial charge in [-0.15, -0.1) is 0 Å². The third-order valence-electron chi connectivity index (χ3n) is 3.43. The summed E-state index contributed by atoms with van der Waals surface area (Å²) < 4.78 is 23.5. The zero-order chi connectivity index (χ0) is 13.6. The standard InChI is InChI=1S/C11H15ClN2O3S/c1-18(16,17)9-3-2-4-11(9,15)8-5-7(12)6-14-10(8)13/h5-6,9,15H,2-4H2,1H3,(H2,13,14). The molecule has 2 unspecified atom stereocenters. The Kier molecular flexibility index (Phi) is 3.29. The number of rotatable bonds is 2. The highest BCUT2D eigenvalue weighted by atomic mass is 35.5. The molecule has 3 N–H and O–H groups in total. The first-order valence-electron chi connectivity index (χ1n) is 5.58. The number of hydrogen-bond acceptors (Lipinski definition) is 5. The van der Waals surface area contributed by atoms with E-state index in [1.54, 1.807) is 0 Å². The Labute approximate surface area is 111 Å². The van der Waals surface area contributed by atoms with E-state index in [2.05, 4.69) is 4.98 Å². The van der Waals surface area contributed by atoms with Crippen LogP contribution in [0.4, 0.5) is 5.82 Å². The zero-order valence-electron chi connectivity index (χ0n) is 9.93. The second kappa shape index (κ2) is 4.36. The van der Waals surface area contributed by atoms with Gasteiger partial charge >= 0.3 is 0 Å². The molecule has 1 saturated carbocycles. The van der Waals surface area contributed by atoms with E-state index in [-0.39, 0.29) is 5.82 Å². The van der Waals surface area contributed by atoms with Gasteiger partial charge in [-0.1, -0.05) is 11.6 Å². The number of halogens is 1. The number of aromatic nitrogens is 1. The van der Waals surface area contributed by atoms with E-state index in [1.807, 2.05) is 0 Å². The Hall–Kier alpha value is -0.850. The molecule has 100 valence electrons. The maximum absolute atomic E-state index is 11.8. The zero-order valence-corrected chi connectivity index (χ0v) is 11.5. The van der Waals surface area contributed by atoms with E-state index in [9.17, 15) is 13.5 Å². The van der Waals surface area contributed by atoms with Crippen LogP contribution < -0.4 is 5.73 Å². The highest BCUT2D eigenvalue weighted by Gasteiger charge is 2.49. The molecular formula is C11H15ClN2O3S. The molecule has 0 aromatic carbocycles. The summed E-state index contributed by atoms with van der Waals surface area (Å²) in [5.41, 5.74) is 4.55. The molecule has 1 aromatic rings. The van der Waals surface area contributed by atoms with Gasteiger partial charge in [0.1, 0.15) is 11.4 Å². The first-order chi connectivity index (χ1) is 8.25. The van der Waals surface area contributed by atoms with E-state index < -0.39 is 20.7 Å². The van der Waals surface area contributed by atoms with Gasteiger partial charge < -0.3 is 10.8 Å². The van der Waals surface area contributed by atoms with Crippen molar-refractivity contribution in [3.8, 4) is 0 Å². The van der Waals surface area contributed by atoms with Crippen LogP contribution >= 0.6 is 11.6 Å². The molecule has 18 heavy (non-hydrogen) atoms. The smallest absolute Gasteiger partial charge is 0.153 e. The summed E-state index contributed by atoms with van der Waals surface area (Å²) in [6.07, 6.45) is 3.88. The number of nitrogen functional groups attached to an aromatic ring is 1. The Morgan fingerprint density at radius 3 is 2.89 bits per heavy atom. The lowest BCUT2D eigenvalue weighted by atomic mass is 9.92. The highest BCUT2D eigenvalue weighted by molar-refractivity contribution is 7.91. The van der Waals surface area contributed by atoms with Gasteiger partial charge in [-0.2, -0.15) is 0 Å². The third-order valence-corrected chi connectivity index (χ3v) is 5.29. The van der Waals surface area contributed by atoms with E-state index >= 15 is 0 Å². The fourth-order valence-electron chi connectivity index (χ4n) is 2.63. The van der Waals surface area contributed by atoms with Crippen molar-refractivity contribution < 1.29 is 13.5 Å². The van der Waals surface area contributed by atoms with Gasteiger partial charge in [0, 0.05) is 18.0 Å². The molecule has 0 radical (unpaired) electrons. The van der Waals surface area contributed by atoms with Crippen molar-refractivity contribution in [2.45, 2.75) is 30.1 Å². The summed E-state index contributed by atoms with van der Waals surface area (Å²) in [4.78, 5) is 3.88. The molecule has 1 aromatic heterocycles. The van der Waals surface area contributed by atoms with Crippen molar-refractivity contribution in [3.63, 3.8) is 0 Å². The molecule has 0 spiro atoms. The van der Waals surface area contributed by atoms with Gasteiger partial charge in [-0.25, -0.2) is 13.4 Å². The molecule has 5 nitrogen and oxygen atoms in total. The number of aliphatic hydroxyl groups is 1. The summed E-state index contributed by atoms with van der Waals surface area (Å²) in [5.74, 6) is 0.123. The minimum absolute atomic E-state index is 0.123. The molecule has 0 bridgehead atoms. The van der Waals surface area contributed by atoms with Gasteiger partial charge in [0.15, 0.2) is 9.84 Å². The predicted octanol–water partition coefficient (Wildman–Crippen LogP) is 1.10. The maximum Gasteiger partial charge on any atom is 0.153 e. The van der Waals surface area contributed by atoms with E-state index in [0.717, 1.165) is 6.26 Å². The Morgan fingerprint density at radius 2 is 2.28 bits per heavy atom. The molecule has 2 atom stereocenters. The maximum atomic E-state index is 11.8. The van der Waals surface area contributed by atoms with Crippen LogP contribution in [-0.2, 0) is 15.4 Å². The van der Waals surface area contributed by atoms with Gasteiger partial charge in [0.2, 0.25) is 0 Å². The fourth-order valence-corrected chi connectivity index (χ4v) is 4.34. The van der Waals surface area contributed by atoms with Crippen LogP contribution in [0.25, 0.3) is 0 Å². The number of anilines is 1. The topological polar surface area (TPSA) is 93.3 Å². The highest BCUT2D eigenvalue weighted by Crippen LogP contribution is 2.44. The van der Waals surface area contributed by atoms with Crippen molar-refractivity contribution in [3.05, 3.63) is 22.8 Å². The van der Waals surface area contributed by atoms with Gasteiger partial charge in [0.05, 0.1) is 10.3 Å². The number of pyridine rings is 1. The molecular weight excluding hydrogens is 276 g/mol. The van der Waals surface area contributed by atoms with Crippen LogP contribution in [0.1, 0.15) is 24.8 Å². The largest absolute Gasteiger partial charge is 0.384 e. The third kappa shape index (κ3) is 2.20.